The molecule has 12 nitrogen and oxygen atoms in total. The maximum atomic E-state index is 13.5. The first-order valence-corrected chi connectivity index (χ1v) is 16.2. The van der Waals surface area contributed by atoms with Gasteiger partial charge in [0.15, 0.2) is 0 Å². The number of alkyl carbamates (subject to hydrolysis) is 1. The van der Waals surface area contributed by atoms with Gasteiger partial charge in [-0.3, -0.25) is 14.4 Å². The van der Waals surface area contributed by atoms with Crippen molar-refractivity contribution >= 4 is 56.2 Å². The number of rotatable bonds is 14. The van der Waals surface area contributed by atoms with Crippen LogP contribution in [0.25, 0.3) is 0 Å². The quantitative estimate of drug-likeness (QED) is 0.126. The lowest BCUT2D eigenvalue weighted by atomic mass is 10.1. The molecular formula is C29H41Br2N5O7. The van der Waals surface area contributed by atoms with E-state index in [-0.39, 0.29) is 30.0 Å². The molecule has 1 aliphatic heterocycles. The summed E-state index contributed by atoms with van der Waals surface area (Å²) in [7, 11) is 0. The Morgan fingerprint density at radius 2 is 1.98 bits per heavy atom. The maximum Gasteiger partial charge on any atom is 0.408 e. The Morgan fingerprint density at radius 1 is 1.23 bits per heavy atom. The molecule has 0 radical (unpaired) electrons. The van der Waals surface area contributed by atoms with Gasteiger partial charge in [-0.15, -0.1) is 0 Å². The van der Waals surface area contributed by atoms with Crippen LogP contribution >= 0.6 is 31.9 Å². The number of carbonyl (C=O) groups is 4. The molecule has 1 aromatic rings. The van der Waals surface area contributed by atoms with Gasteiger partial charge in [-0.1, -0.05) is 25.0 Å². The molecule has 1 saturated heterocycles. The van der Waals surface area contributed by atoms with Crippen LogP contribution in [0.4, 0.5) is 4.79 Å². The van der Waals surface area contributed by atoms with Gasteiger partial charge in [0.1, 0.15) is 21.7 Å². The molecule has 0 aromatic carbocycles. The van der Waals surface area contributed by atoms with E-state index in [1.54, 1.807) is 38.8 Å². The summed E-state index contributed by atoms with van der Waals surface area (Å²) in [6.45, 7) is 8.01. The molecule has 0 unspecified atom stereocenters. The fourth-order valence-electron chi connectivity index (χ4n) is 5.15. The second kappa shape index (κ2) is 15.3. The Morgan fingerprint density at radius 3 is 2.65 bits per heavy atom. The molecule has 2 aliphatic rings. The van der Waals surface area contributed by atoms with E-state index in [0.717, 1.165) is 19.3 Å². The first-order chi connectivity index (χ1) is 20.3. The normalized spacial score (nSPS) is 22.2. The van der Waals surface area contributed by atoms with E-state index in [2.05, 4.69) is 47.6 Å². The highest BCUT2D eigenvalue weighted by Gasteiger charge is 2.60. The summed E-state index contributed by atoms with van der Waals surface area (Å²) in [5, 5.41) is 9.60. The van der Waals surface area contributed by atoms with Crippen molar-refractivity contribution in [2.45, 2.75) is 95.9 Å². The highest BCUT2D eigenvalue weighted by Crippen LogP contribution is 2.45. The molecule has 2 heterocycles. The first kappa shape index (κ1) is 34.7. The second-order valence-corrected chi connectivity index (χ2v) is 13.5. The van der Waals surface area contributed by atoms with Gasteiger partial charge in [-0.25, -0.2) is 14.3 Å². The third kappa shape index (κ3) is 9.37. The second-order valence-electron chi connectivity index (χ2n) is 11.8. The lowest BCUT2D eigenvalue weighted by Crippen LogP contribution is -2.49. The number of allylic oxidation sites excluding steroid dienone is 1. The van der Waals surface area contributed by atoms with Crippen LogP contribution < -0.4 is 16.2 Å². The van der Waals surface area contributed by atoms with Crippen LogP contribution in [0.5, 0.6) is 0 Å². The number of hydrogen-bond donors (Lipinski definition) is 2. The Labute approximate surface area is 268 Å². The topological polar surface area (TPSA) is 149 Å². The number of carbonyl (C=O) groups excluding carboxylic acids is 4. The average molecular weight is 731 g/mol. The molecule has 3 rings (SSSR count). The van der Waals surface area contributed by atoms with Crippen LogP contribution in [0.2, 0.25) is 0 Å². The van der Waals surface area contributed by atoms with E-state index < -0.39 is 29.2 Å². The Balaban J connectivity index is 1.53. The van der Waals surface area contributed by atoms with Crippen molar-refractivity contribution in [1.82, 2.24) is 25.3 Å². The van der Waals surface area contributed by atoms with Gasteiger partial charge in [0.2, 0.25) is 12.3 Å². The fourth-order valence-corrected chi connectivity index (χ4v) is 5.69. The number of halogens is 2. The minimum absolute atomic E-state index is 0.0920. The summed E-state index contributed by atoms with van der Waals surface area (Å²) < 4.78 is 12.8. The van der Waals surface area contributed by atoms with Gasteiger partial charge in [0.25, 0.3) is 5.56 Å². The summed E-state index contributed by atoms with van der Waals surface area (Å²) in [6, 6.07) is -1.04. The number of nitrogens with one attached hydrogen (secondary N) is 2. The van der Waals surface area contributed by atoms with Crippen molar-refractivity contribution in [3.63, 3.8) is 0 Å². The van der Waals surface area contributed by atoms with Crippen LogP contribution in [-0.2, 0) is 23.9 Å². The van der Waals surface area contributed by atoms with Crippen LogP contribution in [0, 0.1) is 5.92 Å². The van der Waals surface area contributed by atoms with Crippen molar-refractivity contribution in [1.29, 1.82) is 0 Å². The van der Waals surface area contributed by atoms with E-state index in [1.807, 2.05) is 12.2 Å². The van der Waals surface area contributed by atoms with Crippen molar-refractivity contribution in [2.24, 2.45) is 5.92 Å². The van der Waals surface area contributed by atoms with Crippen LogP contribution in [0.15, 0.2) is 32.1 Å². The van der Waals surface area contributed by atoms with E-state index in [1.165, 1.54) is 4.68 Å². The summed E-state index contributed by atoms with van der Waals surface area (Å²) >= 11 is 6.56. The third-order valence-electron chi connectivity index (χ3n) is 7.41. The molecule has 238 valence electrons. The van der Waals surface area contributed by atoms with Gasteiger partial charge < -0.3 is 25.0 Å². The van der Waals surface area contributed by atoms with E-state index in [4.69, 9.17) is 9.47 Å². The lowest BCUT2D eigenvalue weighted by molar-refractivity contribution is -0.148. The maximum absolute atomic E-state index is 13.5. The zero-order valence-corrected chi connectivity index (χ0v) is 28.2. The Kier molecular flexibility index (Phi) is 12.4. The van der Waals surface area contributed by atoms with Gasteiger partial charge >= 0.3 is 12.1 Å². The van der Waals surface area contributed by atoms with Gasteiger partial charge in [-0.2, -0.15) is 5.10 Å². The highest BCUT2D eigenvalue weighted by molar-refractivity contribution is 9.13. The zero-order valence-electron chi connectivity index (χ0n) is 25.1. The Hall–Kier alpha value is -2.74. The number of ether oxygens (including phenoxy) is 2. The van der Waals surface area contributed by atoms with Crippen LogP contribution in [0.3, 0.4) is 0 Å². The van der Waals surface area contributed by atoms with Gasteiger partial charge in [-0.05, 0) is 91.7 Å². The number of hydrogen-bond acceptors (Lipinski definition) is 8. The summed E-state index contributed by atoms with van der Waals surface area (Å²) in [6.07, 6.45) is 10.0. The molecule has 2 N–H and O–H groups in total. The minimum atomic E-state index is -0.957. The largest absolute Gasteiger partial charge is 0.464 e. The Bertz CT molecular complexity index is 1260. The lowest BCUT2D eigenvalue weighted by Gasteiger charge is -2.26. The monoisotopic (exact) mass is 729 g/mol. The first-order valence-electron chi connectivity index (χ1n) is 14.6. The molecule has 4 atom stereocenters. The fraction of sp³-hybridized carbons (Fsp3) is 0.655. The average Bonchev–Trinajstić information content (AvgIpc) is 3.41. The van der Waals surface area contributed by atoms with Crippen molar-refractivity contribution in [2.75, 3.05) is 19.7 Å². The van der Waals surface area contributed by atoms with Crippen LogP contribution in [0.1, 0.15) is 78.7 Å². The summed E-state index contributed by atoms with van der Waals surface area (Å²) in [4.78, 5) is 63.7. The molecule has 1 aromatic heterocycles. The number of esters is 1. The number of amides is 3. The standard InChI is InChI=1S/C29H41Br2N5O7/c1-5-42-26(40)29(32-18-37)15-19(29)11-9-7-6-8-10-12-22(34-27(41)43-28(2,3)4)24(38)35-14-13-20(17-35)36-25(39)23(31)21(30)16-33-36/h9,11,16,18-20,22H,5-8,10,12-15,17H2,1-4H3,(H,32,37)(H,34,41)/t19-,20-,22+,29-/m1/s1. The predicted octanol–water partition coefficient (Wildman–Crippen LogP) is 4.01. The molecule has 1 aliphatic carbocycles. The smallest absolute Gasteiger partial charge is 0.408 e. The van der Waals surface area contributed by atoms with Crippen LogP contribution in [-0.4, -0.2) is 75.9 Å². The molecular weight excluding hydrogens is 690 g/mol. The molecule has 3 amide bonds. The molecule has 14 heteroatoms. The van der Waals surface area contributed by atoms with Crippen molar-refractivity contribution in [3.05, 3.63) is 37.6 Å². The number of aromatic nitrogens is 2. The number of unbranched alkanes of at least 4 members (excludes halogenated alkanes) is 3. The molecule has 43 heavy (non-hydrogen) atoms. The summed E-state index contributed by atoms with van der Waals surface area (Å²) in [5.74, 6) is -0.725. The molecule has 2 fully saturated rings. The highest BCUT2D eigenvalue weighted by atomic mass is 79.9. The molecule has 1 saturated carbocycles. The minimum Gasteiger partial charge on any atom is -0.464 e. The third-order valence-corrected chi connectivity index (χ3v) is 9.31. The SMILES string of the molecule is CCOC(=O)[C@@]1(NC=O)C[C@H]1C=CCCCCC[C@H](NC(=O)OC(C)(C)C)C(=O)N1CC[C@@H](n2ncc(Br)c(Br)c2=O)C1. The van der Waals surface area contributed by atoms with E-state index >= 15 is 0 Å². The van der Waals surface area contributed by atoms with E-state index in [9.17, 15) is 24.0 Å². The van der Waals surface area contributed by atoms with Gasteiger partial charge in [0, 0.05) is 19.0 Å². The van der Waals surface area contributed by atoms with Crippen molar-refractivity contribution in [3.8, 4) is 0 Å². The number of likely N-dealkylation sites (tertiary alicyclic amines) is 1. The summed E-state index contributed by atoms with van der Waals surface area (Å²) in [5.41, 5.74) is -1.95. The predicted molar refractivity (Wildman–Crippen MR) is 166 cm³/mol. The van der Waals surface area contributed by atoms with E-state index in [0.29, 0.717) is 54.1 Å². The zero-order chi connectivity index (χ0) is 31.8. The molecule has 0 spiro atoms. The van der Waals surface area contributed by atoms with Crippen molar-refractivity contribution < 1.29 is 28.7 Å². The van der Waals surface area contributed by atoms with Gasteiger partial charge in [0.05, 0.1) is 23.3 Å². The number of nitrogens with zero attached hydrogens (tertiary/aromatic N) is 3. The molecule has 0 bridgehead atoms.